The molecule has 0 bridgehead atoms. The van der Waals surface area contributed by atoms with Crippen molar-refractivity contribution in [2.75, 3.05) is 13.1 Å². The number of nitrogens with one attached hydrogen (secondary N) is 1. The molecule has 0 aromatic heterocycles. The predicted octanol–water partition coefficient (Wildman–Crippen LogP) is 3.22. The first-order chi connectivity index (χ1) is 8.97. The third kappa shape index (κ3) is 3.88. The van der Waals surface area contributed by atoms with Gasteiger partial charge in [-0.2, -0.15) is 13.2 Å². The molecule has 0 spiro atoms. The van der Waals surface area contributed by atoms with E-state index in [-0.39, 0.29) is 31.6 Å². The van der Waals surface area contributed by atoms with E-state index in [1.165, 1.54) is 11.3 Å². The van der Waals surface area contributed by atoms with Crippen LogP contribution < -0.4 is 5.32 Å². The van der Waals surface area contributed by atoms with Gasteiger partial charge in [-0.05, 0) is 19.3 Å². The van der Waals surface area contributed by atoms with Gasteiger partial charge in [0.05, 0.1) is 0 Å². The van der Waals surface area contributed by atoms with Crippen molar-refractivity contribution in [2.45, 2.75) is 50.7 Å². The Morgan fingerprint density at radius 1 is 1.26 bits per heavy atom. The quantitative estimate of drug-likeness (QED) is 0.733. The van der Waals surface area contributed by atoms with Gasteiger partial charge >= 0.3 is 12.2 Å². The maximum absolute atomic E-state index is 12.5. The minimum atomic E-state index is -4.26. The number of alkyl halides is 3. The van der Waals surface area contributed by atoms with E-state index >= 15 is 0 Å². The van der Waals surface area contributed by atoms with E-state index in [1.54, 1.807) is 0 Å². The van der Waals surface area contributed by atoms with E-state index < -0.39 is 11.7 Å². The molecular weight excluding hydrogens is 257 g/mol. The van der Waals surface area contributed by atoms with E-state index in [4.69, 9.17) is 0 Å². The Kier molecular flexibility index (Phi) is 4.37. The highest BCUT2D eigenvalue weighted by molar-refractivity contribution is 5.75. The monoisotopic (exact) mass is 276 g/mol. The smallest absolute Gasteiger partial charge is 0.335 e. The molecule has 0 aromatic carbocycles. The van der Waals surface area contributed by atoms with Crippen LogP contribution in [-0.2, 0) is 0 Å². The summed E-state index contributed by atoms with van der Waals surface area (Å²) in [6.07, 6.45) is 2.13. The molecule has 2 rings (SSSR count). The summed E-state index contributed by atoms with van der Waals surface area (Å²) in [5.41, 5.74) is -0.519. The molecule has 0 atom stereocenters. The molecule has 0 unspecified atom stereocenters. The average molecular weight is 276 g/mol. The molecule has 0 radical (unpaired) electrons. The molecule has 2 amide bonds. The number of hydrogen-bond acceptors (Lipinski definition) is 1. The van der Waals surface area contributed by atoms with E-state index in [1.807, 2.05) is 0 Å². The summed E-state index contributed by atoms with van der Waals surface area (Å²) in [6, 6.07) is -0.0429. The topological polar surface area (TPSA) is 32.3 Å². The number of hydrogen-bond donors (Lipinski definition) is 1. The van der Waals surface area contributed by atoms with Crippen molar-refractivity contribution in [1.29, 1.82) is 0 Å². The van der Waals surface area contributed by atoms with E-state index in [9.17, 15) is 18.0 Å². The lowest BCUT2D eigenvalue weighted by molar-refractivity contribution is -0.0956. The van der Waals surface area contributed by atoms with Crippen LogP contribution in [0.5, 0.6) is 0 Å². The third-order valence-electron chi connectivity index (χ3n) is 3.79. The van der Waals surface area contributed by atoms with Crippen LogP contribution in [0.3, 0.4) is 0 Å². The van der Waals surface area contributed by atoms with Gasteiger partial charge in [0.2, 0.25) is 0 Å². The predicted molar refractivity (Wildman–Crippen MR) is 65.7 cm³/mol. The van der Waals surface area contributed by atoms with Gasteiger partial charge in [0, 0.05) is 24.7 Å². The first-order valence-corrected chi connectivity index (χ1v) is 6.78. The van der Waals surface area contributed by atoms with Crippen molar-refractivity contribution >= 4 is 6.03 Å². The maximum atomic E-state index is 12.5. The van der Waals surface area contributed by atoms with Crippen LogP contribution in [0.25, 0.3) is 0 Å². The van der Waals surface area contributed by atoms with Crippen molar-refractivity contribution in [3.63, 3.8) is 0 Å². The maximum Gasteiger partial charge on any atom is 0.412 e. The van der Waals surface area contributed by atoms with Crippen LogP contribution in [0.2, 0.25) is 0 Å². The highest BCUT2D eigenvalue weighted by Gasteiger charge is 2.35. The molecule has 19 heavy (non-hydrogen) atoms. The summed E-state index contributed by atoms with van der Waals surface area (Å²) in [5, 5.41) is 2.92. The summed E-state index contributed by atoms with van der Waals surface area (Å²) in [7, 11) is 0. The van der Waals surface area contributed by atoms with Crippen LogP contribution in [-0.4, -0.2) is 36.2 Å². The SMILES string of the molecule is O=C(NC1CCCCC1)N1CC=C(C(F)(F)F)CC1. The Bertz CT molecular complexity index is 359. The number of halogens is 3. The van der Waals surface area contributed by atoms with Crippen LogP contribution in [0.1, 0.15) is 38.5 Å². The van der Waals surface area contributed by atoms with Crippen molar-refractivity contribution < 1.29 is 18.0 Å². The second kappa shape index (κ2) is 5.84. The van der Waals surface area contributed by atoms with Crippen LogP contribution >= 0.6 is 0 Å². The zero-order chi connectivity index (χ0) is 13.9. The van der Waals surface area contributed by atoms with Gasteiger partial charge in [-0.25, -0.2) is 4.79 Å². The van der Waals surface area contributed by atoms with Gasteiger partial charge < -0.3 is 10.2 Å². The van der Waals surface area contributed by atoms with Crippen molar-refractivity contribution in [1.82, 2.24) is 10.2 Å². The number of nitrogens with zero attached hydrogens (tertiary/aromatic N) is 1. The first-order valence-electron chi connectivity index (χ1n) is 6.78. The molecule has 1 heterocycles. The minimum Gasteiger partial charge on any atom is -0.335 e. The highest BCUT2D eigenvalue weighted by Crippen LogP contribution is 2.30. The Balaban J connectivity index is 1.83. The number of carbonyl (C=O) groups is 1. The van der Waals surface area contributed by atoms with E-state index in [2.05, 4.69) is 5.32 Å². The Morgan fingerprint density at radius 3 is 2.47 bits per heavy atom. The van der Waals surface area contributed by atoms with Crippen molar-refractivity contribution in [3.8, 4) is 0 Å². The van der Waals surface area contributed by atoms with Gasteiger partial charge in [-0.15, -0.1) is 0 Å². The van der Waals surface area contributed by atoms with Crippen molar-refractivity contribution in [2.24, 2.45) is 0 Å². The third-order valence-corrected chi connectivity index (χ3v) is 3.79. The van der Waals surface area contributed by atoms with Crippen LogP contribution in [0.15, 0.2) is 11.6 Å². The molecule has 1 aliphatic heterocycles. The number of amides is 2. The molecule has 1 aliphatic carbocycles. The second-order valence-corrected chi connectivity index (χ2v) is 5.21. The molecule has 1 N–H and O–H groups in total. The molecule has 1 saturated carbocycles. The average Bonchev–Trinajstić information content (AvgIpc) is 2.39. The fourth-order valence-corrected chi connectivity index (χ4v) is 2.62. The zero-order valence-electron chi connectivity index (χ0n) is 10.8. The van der Waals surface area contributed by atoms with Gasteiger partial charge in [0.15, 0.2) is 0 Å². The van der Waals surface area contributed by atoms with Crippen LogP contribution in [0, 0.1) is 0 Å². The lowest BCUT2D eigenvalue weighted by Gasteiger charge is -2.30. The highest BCUT2D eigenvalue weighted by atomic mass is 19.4. The summed E-state index contributed by atoms with van der Waals surface area (Å²) in [6.45, 7) is 0.192. The van der Waals surface area contributed by atoms with E-state index in [0.29, 0.717) is 0 Å². The number of carbonyl (C=O) groups excluding carboxylic acids is 1. The lowest BCUT2D eigenvalue weighted by Crippen LogP contribution is -2.47. The Hall–Kier alpha value is -1.20. The minimum absolute atomic E-state index is 0.0490. The summed E-state index contributed by atoms with van der Waals surface area (Å²) in [5.74, 6) is 0. The van der Waals surface area contributed by atoms with Crippen LogP contribution in [0.4, 0.5) is 18.0 Å². The summed E-state index contributed by atoms with van der Waals surface area (Å²) < 4.78 is 37.4. The number of urea groups is 1. The molecule has 108 valence electrons. The molecule has 3 nitrogen and oxygen atoms in total. The summed E-state index contributed by atoms with van der Waals surface area (Å²) >= 11 is 0. The molecular formula is C13H19F3N2O. The Labute approximate surface area is 110 Å². The second-order valence-electron chi connectivity index (χ2n) is 5.21. The van der Waals surface area contributed by atoms with Gasteiger partial charge in [0.25, 0.3) is 0 Å². The fourth-order valence-electron chi connectivity index (χ4n) is 2.62. The number of rotatable bonds is 1. The molecule has 1 fully saturated rings. The molecule has 0 saturated heterocycles. The zero-order valence-corrected chi connectivity index (χ0v) is 10.8. The first kappa shape index (κ1) is 14.2. The standard InChI is InChI=1S/C13H19F3N2O/c14-13(15,16)10-6-8-18(9-7-10)12(19)17-11-4-2-1-3-5-11/h6,11H,1-5,7-9H2,(H,17,19). The molecule has 2 aliphatic rings. The van der Waals surface area contributed by atoms with Gasteiger partial charge in [-0.3, -0.25) is 0 Å². The van der Waals surface area contributed by atoms with Crippen molar-refractivity contribution in [3.05, 3.63) is 11.6 Å². The summed E-state index contributed by atoms with van der Waals surface area (Å²) in [4.78, 5) is 13.4. The van der Waals surface area contributed by atoms with Gasteiger partial charge in [0.1, 0.15) is 0 Å². The normalized spacial score (nSPS) is 22.1. The molecule has 6 heteroatoms. The molecule has 0 aromatic rings. The lowest BCUT2D eigenvalue weighted by atomic mass is 9.96. The van der Waals surface area contributed by atoms with E-state index in [0.717, 1.165) is 31.8 Å². The van der Waals surface area contributed by atoms with Gasteiger partial charge in [-0.1, -0.05) is 25.3 Å². The fraction of sp³-hybridized carbons (Fsp3) is 0.769. The largest absolute Gasteiger partial charge is 0.412 e. The Morgan fingerprint density at radius 2 is 1.95 bits per heavy atom.